The van der Waals surface area contributed by atoms with Crippen molar-refractivity contribution in [3.05, 3.63) is 41.1 Å². The van der Waals surface area contributed by atoms with Crippen LogP contribution in [0.5, 0.6) is 5.75 Å². The van der Waals surface area contributed by atoms with Crippen LogP contribution in [0.3, 0.4) is 0 Å². The standard InChI is InChI=1S/C13H14N2O3S/c1-7-10(12(16)17)11(15-13(19)14-7)8-5-3-4-6-9(8)18-2/h3-6,11H,1-2H3,(H,16,17)(H2,14,15,19). The zero-order chi connectivity index (χ0) is 14.0. The van der Waals surface area contributed by atoms with Gasteiger partial charge in [0.25, 0.3) is 0 Å². The number of aliphatic carboxylic acids is 1. The predicted octanol–water partition coefficient (Wildman–Crippen LogP) is 1.57. The first-order valence-corrected chi connectivity index (χ1v) is 6.10. The Bertz CT molecular complexity index is 569. The van der Waals surface area contributed by atoms with E-state index in [0.29, 0.717) is 16.6 Å². The van der Waals surface area contributed by atoms with Gasteiger partial charge in [-0.3, -0.25) is 0 Å². The minimum Gasteiger partial charge on any atom is -0.496 e. The number of nitrogens with one attached hydrogen (secondary N) is 2. The van der Waals surface area contributed by atoms with Crippen LogP contribution in [0.15, 0.2) is 35.5 Å². The number of allylic oxidation sites excluding steroid dienone is 1. The summed E-state index contributed by atoms with van der Waals surface area (Å²) >= 11 is 5.09. The fourth-order valence-electron chi connectivity index (χ4n) is 2.12. The van der Waals surface area contributed by atoms with Gasteiger partial charge in [-0.25, -0.2) is 4.79 Å². The second kappa shape index (κ2) is 5.27. The molecule has 2 rings (SSSR count). The van der Waals surface area contributed by atoms with Gasteiger partial charge in [-0.2, -0.15) is 0 Å². The Morgan fingerprint density at radius 3 is 2.74 bits per heavy atom. The van der Waals surface area contributed by atoms with Crippen LogP contribution in [0.25, 0.3) is 0 Å². The molecule has 6 heteroatoms. The smallest absolute Gasteiger partial charge is 0.335 e. The van der Waals surface area contributed by atoms with Crippen molar-refractivity contribution >= 4 is 23.3 Å². The fraction of sp³-hybridized carbons (Fsp3) is 0.231. The molecule has 0 fully saturated rings. The van der Waals surface area contributed by atoms with E-state index in [4.69, 9.17) is 17.0 Å². The summed E-state index contributed by atoms with van der Waals surface area (Å²) in [6.07, 6.45) is 0. The number of carboxylic acids is 1. The molecule has 0 radical (unpaired) electrons. The molecule has 0 saturated heterocycles. The van der Waals surface area contributed by atoms with Crippen LogP contribution in [0.4, 0.5) is 0 Å². The molecule has 5 nitrogen and oxygen atoms in total. The number of rotatable bonds is 3. The van der Waals surface area contributed by atoms with Crippen molar-refractivity contribution in [2.75, 3.05) is 7.11 Å². The van der Waals surface area contributed by atoms with Crippen molar-refractivity contribution < 1.29 is 14.6 Å². The third-order valence-corrected chi connectivity index (χ3v) is 3.17. The van der Waals surface area contributed by atoms with Crippen LogP contribution in [0.1, 0.15) is 18.5 Å². The molecule has 0 saturated carbocycles. The number of hydrogen-bond acceptors (Lipinski definition) is 3. The largest absolute Gasteiger partial charge is 0.496 e. The van der Waals surface area contributed by atoms with Gasteiger partial charge in [0.1, 0.15) is 5.75 Å². The molecule has 1 aromatic carbocycles. The monoisotopic (exact) mass is 278 g/mol. The zero-order valence-corrected chi connectivity index (χ0v) is 11.4. The summed E-state index contributed by atoms with van der Waals surface area (Å²) in [5, 5.41) is 15.6. The fourth-order valence-corrected chi connectivity index (χ4v) is 2.39. The summed E-state index contributed by atoms with van der Waals surface area (Å²) in [6, 6.07) is 6.75. The van der Waals surface area contributed by atoms with Crippen molar-refractivity contribution in [2.24, 2.45) is 0 Å². The van der Waals surface area contributed by atoms with Crippen molar-refractivity contribution in [1.82, 2.24) is 10.6 Å². The average molecular weight is 278 g/mol. The summed E-state index contributed by atoms with van der Waals surface area (Å²) < 4.78 is 5.28. The van der Waals surface area contributed by atoms with E-state index in [0.717, 1.165) is 5.56 Å². The Hall–Kier alpha value is -2.08. The highest BCUT2D eigenvalue weighted by atomic mass is 32.1. The molecule has 0 aromatic heterocycles. The summed E-state index contributed by atoms with van der Waals surface area (Å²) in [5.41, 5.74) is 1.51. The molecule has 1 heterocycles. The molecule has 0 bridgehead atoms. The van der Waals surface area contributed by atoms with Crippen LogP contribution in [0, 0.1) is 0 Å². The Labute approximate surface area is 116 Å². The van der Waals surface area contributed by atoms with Gasteiger partial charge in [-0.1, -0.05) is 18.2 Å². The predicted molar refractivity (Wildman–Crippen MR) is 74.9 cm³/mol. The maximum absolute atomic E-state index is 11.4. The van der Waals surface area contributed by atoms with E-state index in [2.05, 4.69) is 10.6 Å². The molecule has 1 aliphatic rings. The molecule has 3 N–H and O–H groups in total. The maximum Gasteiger partial charge on any atom is 0.335 e. The Balaban J connectivity index is 2.55. The highest BCUT2D eigenvalue weighted by Gasteiger charge is 2.31. The highest BCUT2D eigenvalue weighted by Crippen LogP contribution is 2.32. The molecular weight excluding hydrogens is 264 g/mol. The summed E-state index contributed by atoms with van der Waals surface area (Å²) in [4.78, 5) is 11.4. The van der Waals surface area contributed by atoms with E-state index in [1.54, 1.807) is 20.1 Å². The lowest BCUT2D eigenvalue weighted by Gasteiger charge is -2.29. The van der Waals surface area contributed by atoms with Gasteiger partial charge in [0.2, 0.25) is 0 Å². The number of thiocarbonyl (C=S) groups is 1. The Morgan fingerprint density at radius 2 is 2.11 bits per heavy atom. The maximum atomic E-state index is 11.4. The minimum atomic E-state index is -0.990. The van der Waals surface area contributed by atoms with Crippen LogP contribution in [-0.4, -0.2) is 23.3 Å². The molecule has 1 atom stereocenters. The second-order valence-electron chi connectivity index (χ2n) is 4.12. The summed E-state index contributed by atoms with van der Waals surface area (Å²) in [6.45, 7) is 1.69. The SMILES string of the molecule is COc1ccccc1C1NC(=S)NC(C)=C1C(=O)O. The summed E-state index contributed by atoms with van der Waals surface area (Å²) in [5.74, 6) is -0.368. The third-order valence-electron chi connectivity index (χ3n) is 2.95. The molecule has 0 aliphatic carbocycles. The molecule has 100 valence electrons. The number of para-hydroxylation sites is 1. The molecule has 0 amide bonds. The van der Waals surface area contributed by atoms with Crippen molar-refractivity contribution in [3.63, 3.8) is 0 Å². The lowest BCUT2D eigenvalue weighted by atomic mass is 9.95. The summed E-state index contributed by atoms with van der Waals surface area (Å²) in [7, 11) is 1.55. The third kappa shape index (κ3) is 2.53. The van der Waals surface area contributed by atoms with Crippen LogP contribution < -0.4 is 15.4 Å². The lowest BCUT2D eigenvalue weighted by molar-refractivity contribution is -0.133. The van der Waals surface area contributed by atoms with E-state index in [9.17, 15) is 9.90 Å². The first kappa shape index (κ1) is 13.4. The topological polar surface area (TPSA) is 70.6 Å². The van der Waals surface area contributed by atoms with Gasteiger partial charge in [-0.15, -0.1) is 0 Å². The molecule has 1 aromatic rings. The molecular formula is C13H14N2O3S. The van der Waals surface area contributed by atoms with E-state index in [-0.39, 0.29) is 5.57 Å². The van der Waals surface area contributed by atoms with E-state index in [1.807, 2.05) is 18.2 Å². The number of benzene rings is 1. The zero-order valence-electron chi connectivity index (χ0n) is 10.6. The van der Waals surface area contributed by atoms with Gasteiger partial charge in [0.05, 0.1) is 18.7 Å². The first-order valence-electron chi connectivity index (χ1n) is 5.69. The van der Waals surface area contributed by atoms with Crippen molar-refractivity contribution in [1.29, 1.82) is 0 Å². The molecule has 19 heavy (non-hydrogen) atoms. The van der Waals surface area contributed by atoms with Gasteiger partial charge < -0.3 is 20.5 Å². The van der Waals surface area contributed by atoms with Gasteiger partial charge >= 0.3 is 5.97 Å². The first-order chi connectivity index (χ1) is 9.04. The lowest BCUT2D eigenvalue weighted by Crippen LogP contribution is -2.44. The average Bonchev–Trinajstić information content (AvgIpc) is 2.37. The van der Waals surface area contributed by atoms with Gasteiger partial charge in [-0.05, 0) is 25.2 Å². The van der Waals surface area contributed by atoms with E-state index >= 15 is 0 Å². The van der Waals surface area contributed by atoms with Gasteiger partial charge in [0.15, 0.2) is 5.11 Å². The quantitative estimate of drug-likeness (QED) is 0.729. The van der Waals surface area contributed by atoms with Crippen molar-refractivity contribution in [2.45, 2.75) is 13.0 Å². The Kier molecular flexibility index (Phi) is 3.71. The van der Waals surface area contributed by atoms with Crippen LogP contribution >= 0.6 is 12.2 Å². The normalized spacial score (nSPS) is 18.6. The number of carbonyl (C=O) groups is 1. The second-order valence-corrected chi connectivity index (χ2v) is 4.53. The number of hydrogen-bond donors (Lipinski definition) is 3. The molecule has 1 aliphatic heterocycles. The highest BCUT2D eigenvalue weighted by molar-refractivity contribution is 7.80. The van der Waals surface area contributed by atoms with Crippen LogP contribution in [0.2, 0.25) is 0 Å². The van der Waals surface area contributed by atoms with E-state index in [1.165, 1.54) is 0 Å². The number of carboxylic acid groups (broad SMARTS) is 1. The van der Waals surface area contributed by atoms with Gasteiger partial charge in [0, 0.05) is 11.3 Å². The number of ether oxygens (including phenoxy) is 1. The van der Waals surface area contributed by atoms with Crippen LogP contribution in [-0.2, 0) is 4.79 Å². The van der Waals surface area contributed by atoms with E-state index < -0.39 is 12.0 Å². The molecule has 0 spiro atoms. The van der Waals surface area contributed by atoms with Crippen molar-refractivity contribution in [3.8, 4) is 5.75 Å². The molecule has 1 unspecified atom stereocenters. The minimum absolute atomic E-state index is 0.234. The number of methoxy groups -OCH3 is 1. The Morgan fingerprint density at radius 1 is 1.42 bits per heavy atom.